The summed E-state index contributed by atoms with van der Waals surface area (Å²) in [6.45, 7) is 0. The van der Waals surface area contributed by atoms with E-state index in [0.29, 0.717) is 0 Å². The average molecular weight is 207 g/mol. The van der Waals surface area contributed by atoms with Gasteiger partial charge in [-0.3, -0.25) is 0 Å². The summed E-state index contributed by atoms with van der Waals surface area (Å²) in [7, 11) is 0. The Hall–Kier alpha value is 0.0900. The van der Waals surface area contributed by atoms with E-state index in [9.17, 15) is 0 Å². The highest BCUT2D eigenvalue weighted by molar-refractivity contribution is 6.68. The molecule has 58 valence electrons. The van der Waals surface area contributed by atoms with E-state index in [2.05, 4.69) is 6.42 Å². The second kappa shape index (κ2) is 3.66. The van der Waals surface area contributed by atoms with Gasteiger partial charge in [-0.2, -0.15) is 0 Å². The summed E-state index contributed by atoms with van der Waals surface area (Å²) in [5.74, 6) is 0. The zero-order valence-corrected chi connectivity index (χ0v) is 7.79. The van der Waals surface area contributed by atoms with E-state index >= 15 is 0 Å². The predicted molar refractivity (Wildman–Crippen MR) is 49.1 cm³/mol. The van der Waals surface area contributed by atoms with Crippen LogP contribution in [0.1, 0.15) is 5.56 Å². The van der Waals surface area contributed by atoms with Gasteiger partial charge in [-0.05, 0) is 5.56 Å². The van der Waals surface area contributed by atoms with E-state index in [0.717, 1.165) is 5.56 Å². The third-order valence-electron chi connectivity index (χ3n) is 1.06. The maximum Gasteiger partial charge on any atom is 0.202 e. The van der Waals surface area contributed by atoms with E-state index in [-0.39, 0.29) is 0 Å². The molecule has 0 N–H and O–H groups in total. The number of benzene rings is 1. The fourth-order valence-corrected chi connectivity index (χ4v) is 1.01. The fraction of sp³-hybridized carbons (Fsp3) is 0.125. The second-order valence-corrected chi connectivity index (χ2v) is 4.27. The third kappa shape index (κ3) is 3.85. The van der Waals surface area contributed by atoms with Gasteiger partial charge in [0, 0.05) is 0 Å². The van der Waals surface area contributed by atoms with Crippen molar-refractivity contribution in [1.82, 2.24) is 0 Å². The van der Waals surface area contributed by atoms with Crippen molar-refractivity contribution in [1.29, 1.82) is 0 Å². The summed E-state index contributed by atoms with van der Waals surface area (Å²) in [5, 5.41) is 0. The summed E-state index contributed by atoms with van der Waals surface area (Å²) in [4.78, 5) is 0. The number of rotatable bonds is 1. The van der Waals surface area contributed by atoms with Crippen LogP contribution in [0.5, 0.6) is 0 Å². The van der Waals surface area contributed by atoms with E-state index in [1.165, 1.54) is 0 Å². The summed E-state index contributed by atoms with van der Waals surface area (Å²) < 4.78 is -1.43. The standard InChI is InChI=1S/C8H5Cl3/c9-8(10,11)6-7-4-2-1-3-5-7/h1-5H. The normalized spacial score (nSPS) is 11.5. The first-order chi connectivity index (χ1) is 5.08. The summed E-state index contributed by atoms with van der Waals surface area (Å²) >= 11 is 16.5. The smallest absolute Gasteiger partial charge is 0.0826 e. The molecule has 0 saturated heterocycles. The van der Waals surface area contributed by atoms with E-state index in [4.69, 9.17) is 34.8 Å². The lowest BCUT2D eigenvalue weighted by Gasteiger charge is -2.08. The van der Waals surface area contributed by atoms with Gasteiger partial charge in [-0.25, -0.2) is 0 Å². The van der Waals surface area contributed by atoms with Crippen LogP contribution in [0.15, 0.2) is 30.3 Å². The lowest BCUT2D eigenvalue weighted by Crippen LogP contribution is -2.02. The molecule has 0 aliphatic carbocycles. The Balaban J connectivity index is 2.66. The van der Waals surface area contributed by atoms with Crippen LogP contribution in [0, 0.1) is 6.42 Å². The first-order valence-corrected chi connectivity index (χ1v) is 4.11. The van der Waals surface area contributed by atoms with Crippen LogP contribution in [0.2, 0.25) is 0 Å². The lowest BCUT2D eigenvalue weighted by molar-refractivity contribution is 1.28. The van der Waals surface area contributed by atoms with Crippen molar-refractivity contribution in [2.45, 2.75) is 3.79 Å². The van der Waals surface area contributed by atoms with Gasteiger partial charge >= 0.3 is 0 Å². The Morgan fingerprint density at radius 2 is 1.55 bits per heavy atom. The highest BCUT2D eigenvalue weighted by Gasteiger charge is 2.20. The number of halogens is 3. The maximum absolute atomic E-state index is 5.49. The molecule has 0 amide bonds. The molecule has 0 unspecified atom stereocenters. The quantitative estimate of drug-likeness (QED) is 0.619. The molecule has 0 heterocycles. The van der Waals surface area contributed by atoms with Crippen LogP contribution in [0.4, 0.5) is 0 Å². The molecule has 1 aromatic carbocycles. The molecular formula is C8H5Cl3. The Bertz CT molecular complexity index is 213. The van der Waals surface area contributed by atoms with Crippen molar-refractivity contribution in [3.63, 3.8) is 0 Å². The van der Waals surface area contributed by atoms with Crippen molar-refractivity contribution in [3.8, 4) is 0 Å². The zero-order chi connectivity index (χ0) is 8.32. The molecule has 0 bridgehead atoms. The van der Waals surface area contributed by atoms with Crippen molar-refractivity contribution < 1.29 is 0 Å². The lowest BCUT2D eigenvalue weighted by atomic mass is 10.2. The molecule has 0 aliphatic rings. The van der Waals surface area contributed by atoms with Crippen molar-refractivity contribution in [3.05, 3.63) is 42.3 Å². The molecule has 0 fully saturated rings. The molecule has 1 aromatic rings. The Labute approximate surface area is 81.1 Å². The molecule has 1 rings (SSSR count). The minimum absolute atomic E-state index is 0.785. The SMILES string of the molecule is ClC(Cl)(Cl)[C]c1ccccc1. The number of hydrogen-bond acceptors (Lipinski definition) is 0. The molecule has 0 saturated carbocycles. The van der Waals surface area contributed by atoms with Crippen molar-refractivity contribution >= 4 is 34.8 Å². The van der Waals surface area contributed by atoms with Gasteiger partial charge in [0.1, 0.15) is 0 Å². The Morgan fingerprint density at radius 3 is 2.00 bits per heavy atom. The molecular weight excluding hydrogens is 202 g/mol. The largest absolute Gasteiger partial charge is 0.202 e. The van der Waals surface area contributed by atoms with Crippen molar-refractivity contribution in [2.75, 3.05) is 0 Å². The van der Waals surface area contributed by atoms with Crippen LogP contribution in [-0.4, -0.2) is 3.79 Å². The minimum atomic E-state index is -1.43. The maximum atomic E-state index is 5.49. The minimum Gasteiger partial charge on any atom is -0.0826 e. The highest BCUT2D eigenvalue weighted by Crippen LogP contribution is 2.31. The molecule has 0 atom stereocenters. The first kappa shape index (κ1) is 9.18. The topological polar surface area (TPSA) is 0 Å². The summed E-state index contributed by atoms with van der Waals surface area (Å²) in [5.41, 5.74) is 0.785. The zero-order valence-electron chi connectivity index (χ0n) is 5.52. The van der Waals surface area contributed by atoms with Gasteiger partial charge in [0.2, 0.25) is 3.79 Å². The molecule has 11 heavy (non-hydrogen) atoms. The summed E-state index contributed by atoms with van der Waals surface area (Å²) in [6, 6.07) is 9.25. The van der Waals surface area contributed by atoms with Crippen LogP contribution in [0.3, 0.4) is 0 Å². The third-order valence-corrected chi connectivity index (χ3v) is 1.34. The summed E-state index contributed by atoms with van der Waals surface area (Å²) in [6.07, 6.45) is 2.68. The Kier molecular flexibility index (Phi) is 3.06. The van der Waals surface area contributed by atoms with Crippen LogP contribution in [-0.2, 0) is 0 Å². The first-order valence-electron chi connectivity index (χ1n) is 2.98. The van der Waals surface area contributed by atoms with E-state index < -0.39 is 3.79 Å². The molecule has 0 spiro atoms. The number of alkyl halides is 3. The number of hydrogen-bond donors (Lipinski definition) is 0. The Morgan fingerprint density at radius 1 is 1.00 bits per heavy atom. The fourth-order valence-electron chi connectivity index (χ4n) is 0.685. The van der Waals surface area contributed by atoms with Gasteiger partial charge in [0.15, 0.2) is 0 Å². The second-order valence-electron chi connectivity index (χ2n) is 1.99. The van der Waals surface area contributed by atoms with Gasteiger partial charge in [-0.1, -0.05) is 65.1 Å². The molecule has 0 aliphatic heterocycles. The average Bonchev–Trinajstić information content (AvgIpc) is 1.85. The van der Waals surface area contributed by atoms with Crippen LogP contribution < -0.4 is 0 Å². The molecule has 2 radical (unpaired) electrons. The highest BCUT2D eigenvalue weighted by atomic mass is 35.6. The van der Waals surface area contributed by atoms with Crippen molar-refractivity contribution in [2.24, 2.45) is 0 Å². The monoisotopic (exact) mass is 206 g/mol. The van der Waals surface area contributed by atoms with Gasteiger partial charge in [-0.15, -0.1) is 0 Å². The molecule has 0 aromatic heterocycles. The van der Waals surface area contributed by atoms with Gasteiger partial charge < -0.3 is 0 Å². The van der Waals surface area contributed by atoms with Crippen LogP contribution >= 0.6 is 34.8 Å². The van der Waals surface area contributed by atoms with E-state index in [1.807, 2.05) is 30.3 Å². The van der Waals surface area contributed by atoms with E-state index in [1.54, 1.807) is 0 Å². The molecule has 3 heteroatoms. The predicted octanol–water partition coefficient (Wildman–Crippen LogP) is 3.49. The van der Waals surface area contributed by atoms with Gasteiger partial charge in [0.05, 0.1) is 6.42 Å². The molecule has 0 nitrogen and oxygen atoms in total. The van der Waals surface area contributed by atoms with Crippen LogP contribution in [0.25, 0.3) is 0 Å². The van der Waals surface area contributed by atoms with Gasteiger partial charge in [0.25, 0.3) is 0 Å².